The van der Waals surface area contributed by atoms with Gasteiger partial charge in [0, 0.05) is 12.7 Å². The molecule has 1 aromatic heterocycles. The van der Waals surface area contributed by atoms with Crippen LogP contribution < -0.4 is 5.32 Å². The summed E-state index contributed by atoms with van der Waals surface area (Å²) < 4.78 is 1.73. The van der Waals surface area contributed by atoms with Crippen LogP contribution in [0.15, 0.2) is 42.7 Å². The number of carbonyl (C=O) groups is 1. The largest absolute Gasteiger partial charge is 0.391 e. The molecule has 1 amide bonds. The van der Waals surface area contributed by atoms with Gasteiger partial charge in [0.2, 0.25) is 0 Å². The number of hydrogen-bond donors (Lipinski definition) is 2. The van der Waals surface area contributed by atoms with Gasteiger partial charge in [0.05, 0.1) is 24.4 Å². The molecule has 0 bridgehead atoms. The average Bonchev–Trinajstić information content (AvgIpc) is 2.95. The van der Waals surface area contributed by atoms with E-state index < -0.39 is 6.10 Å². The molecule has 5 heteroatoms. The van der Waals surface area contributed by atoms with E-state index in [0.29, 0.717) is 18.5 Å². The molecule has 1 heterocycles. The lowest BCUT2D eigenvalue weighted by Gasteiger charge is -2.09. The van der Waals surface area contributed by atoms with Crippen molar-refractivity contribution < 1.29 is 9.90 Å². The Morgan fingerprint density at radius 3 is 2.86 bits per heavy atom. The topological polar surface area (TPSA) is 67.2 Å². The van der Waals surface area contributed by atoms with E-state index in [4.69, 9.17) is 0 Å². The van der Waals surface area contributed by atoms with Gasteiger partial charge in [0.1, 0.15) is 0 Å². The third kappa shape index (κ3) is 4.72. The van der Waals surface area contributed by atoms with E-state index in [1.165, 1.54) is 0 Å². The van der Waals surface area contributed by atoms with Crippen molar-refractivity contribution in [3.63, 3.8) is 0 Å². The normalized spacial score (nSPS) is 12.1. The van der Waals surface area contributed by atoms with Gasteiger partial charge in [-0.3, -0.25) is 9.48 Å². The number of hydrogen-bond acceptors (Lipinski definition) is 3. The first-order chi connectivity index (χ1) is 10.2. The second-order valence-corrected chi connectivity index (χ2v) is 5.06. The lowest BCUT2D eigenvalue weighted by Crippen LogP contribution is -2.31. The predicted molar refractivity (Wildman–Crippen MR) is 81.0 cm³/mol. The maximum absolute atomic E-state index is 11.9. The van der Waals surface area contributed by atoms with Crippen LogP contribution in [0.5, 0.6) is 0 Å². The van der Waals surface area contributed by atoms with Crippen molar-refractivity contribution in [3.8, 4) is 0 Å². The number of amides is 1. The highest BCUT2D eigenvalue weighted by atomic mass is 16.3. The van der Waals surface area contributed by atoms with E-state index in [9.17, 15) is 9.90 Å². The quantitative estimate of drug-likeness (QED) is 0.816. The second kappa shape index (κ2) is 7.59. The summed E-state index contributed by atoms with van der Waals surface area (Å²) in [6.07, 6.45) is 4.36. The van der Waals surface area contributed by atoms with Gasteiger partial charge in [0.25, 0.3) is 5.91 Å². The first-order valence-corrected chi connectivity index (χ1v) is 7.21. The summed E-state index contributed by atoms with van der Waals surface area (Å²) in [5, 5.41) is 16.5. The van der Waals surface area contributed by atoms with Crippen LogP contribution in [0.1, 0.15) is 35.7 Å². The fourth-order valence-electron chi connectivity index (χ4n) is 2.09. The number of benzene rings is 1. The van der Waals surface area contributed by atoms with Crippen LogP contribution in [0, 0.1) is 0 Å². The number of rotatable bonds is 7. The summed E-state index contributed by atoms with van der Waals surface area (Å²) in [4.78, 5) is 11.9. The minimum atomic E-state index is -0.488. The Bertz CT molecular complexity index is 566. The molecule has 0 fully saturated rings. The molecule has 1 unspecified atom stereocenters. The van der Waals surface area contributed by atoms with Gasteiger partial charge in [-0.05, 0) is 12.0 Å². The summed E-state index contributed by atoms with van der Waals surface area (Å²) >= 11 is 0. The molecule has 2 N–H and O–H groups in total. The third-order valence-electron chi connectivity index (χ3n) is 3.20. The number of aliphatic hydroxyl groups excluding tert-OH is 1. The Balaban J connectivity index is 1.89. The molecule has 1 aromatic carbocycles. The van der Waals surface area contributed by atoms with Crippen molar-refractivity contribution in [3.05, 3.63) is 53.9 Å². The van der Waals surface area contributed by atoms with Crippen molar-refractivity contribution in [1.82, 2.24) is 15.1 Å². The van der Waals surface area contributed by atoms with Crippen LogP contribution >= 0.6 is 0 Å². The standard InChI is InChI=1S/C16H21N3O2/c1-2-6-15(20)10-17-16(21)14-9-18-19(12-14)11-13-7-4-3-5-8-13/h3-5,7-9,12,15,20H,2,6,10-11H2,1H3,(H,17,21). The fourth-order valence-corrected chi connectivity index (χ4v) is 2.09. The molecule has 5 nitrogen and oxygen atoms in total. The summed E-state index contributed by atoms with van der Waals surface area (Å²) in [7, 11) is 0. The zero-order chi connectivity index (χ0) is 15.1. The van der Waals surface area contributed by atoms with Crippen molar-refractivity contribution in [2.75, 3.05) is 6.54 Å². The molecule has 0 spiro atoms. The number of nitrogens with zero attached hydrogens (tertiary/aromatic N) is 2. The highest BCUT2D eigenvalue weighted by Gasteiger charge is 2.10. The Labute approximate surface area is 124 Å². The molecule has 0 saturated heterocycles. The van der Waals surface area contributed by atoms with Crippen LogP contribution in [0.2, 0.25) is 0 Å². The van der Waals surface area contributed by atoms with Crippen molar-refractivity contribution >= 4 is 5.91 Å². The van der Waals surface area contributed by atoms with E-state index in [1.807, 2.05) is 37.3 Å². The van der Waals surface area contributed by atoms with Crippen molar-refractivity contribution in [2.24, 2.45) is 0 Å². The van der Waals surface area contributed by atoms with Gasteiger partial charge >= 0.3 is 0 Å². The van der Waals surface area contributed by atoms with Gasteiger partial charge in [-0.2, -0.15) is 5.10 Å². The molecule has 0 saturated carbocycles. The number of aliphatic hydroxyl groups is 1. The fraction of sp³-hybridized carbons (Fsp3) is 0.375. The molecule has 0 radical (unpaired) electrons. The van der Waals surface area contributed by atoms with Gasteiger partial charge in [-0.25, -0.2) is 0 Å². The lowest BCUT2D eigenvalue weighted by atomic mass is 10.2. The van der Waals surface area contributed by atoms with Gasteiger partial charge in [-0.1, -0.05) is 43.7 Å². The minimum Gasteiger partial charge on any atom is -0.391 e. The SMILES string of the molecule is CCCC(O)CNC(=O)c1cnn(Cc2ccccc2)c1. The zero-order valence-corrected chi connectivity index (χ0v) is 12.2. The van der Waals surface area contributed by atoms with Crippen LogP contribution in [0.25, 0.3) is 0 Å². The van der Waals surface area contributed by atoms with Gasteiger partial charge < -0.3 is 10.4 Å². The van der Waals surface area contributed by atoms with Crippen LogP contribution in [-0.4, -0.2) is 33.4 Å². The minimum absolute atomic E-state index is 0.204. The number of aromatic nitrogens is 2. The van der Waals surface area contributed by atoms with Crippen LogP contribution in [-0.2, 0) is 6.54 Å². The van der Waals surface area contributed by atoms with E-state index in [1.54, 1.807) is 17.1 Å². The monoisotopic (exact) mass is 287 g/mol. The maximum atomic E-state index is 11.9. The average molecular weight is 287 g/mol. The third-order valence-corrected chi connectivity index (χ3v) is 3.20. The summed E-state index contributed by atoms with van der Waals surface area (Å²) in [5.74, 6) is -0.204. The van der Waals surface area contributed by atoms with Gasteiger partial charge in [0.15, 0.2) is 0 Å². The van der Waals surface area contributed by atoms with Gasteiger partial charge in [-0.15, -0.1) is 0 Å². The summed E-state index contributed by atoms with van der Waals surface area (Å²) in [6.45, 7) is 2.90. The number of carbonyl (C=O) groups excluding carboxylic acids is 1. The first kappa shape index (κ1) is 15.3. The molecule has 2 rings (SSSR count). The Morgan fingerprint density at radius 2 is 2.14 bits per heavy atom. The Kier molecular flexibility index (Phi) is 5.51. The van der Waals surface area contributed by atoms with Crippen LogP contribution in [0.4, 0.5) is 0 Å². The molecule has 0 aliphatic carbocycles. The highest BCUT2D eigenvalue weighted by Crippen LogP contribution is 2.04. The summed E-state index contributed by atoms with van der Waals surface area (Å²) in [6, 6.07) is 9.95. The summed E-state index contributed by atoms with van der Waals surface area (Å²) in [5.41, 5.74) is 1.64. The number of nitrogens with one attached hydrogen (secondary N) is 1. The first-order valence-electron chi connectivity index (χ1n) is 7.21. The molecule has 0 aliphatic rings. The molecular weight excluding hydrogens is 266 g/mol. The predicted octanol–water partition coefficient (Wildman–Crippen LogP) is 1.82. The van der Waals surface area contributed by atoms with Crippen molar-refractivity contribution in [2.45, 2.75) is 32.4 Å². The molecule has 21 heavy (non-hydrogen) atoms. The van der Waals surface area contributed by atoms with E-state index in [0.717, 1.165) is 12.0 Å². The van der Waals surface area contributed by atoms with E-state index in [2.05, 4.69) is 10.4 Å². The molecule has 0 aliphatic heterocycles. The van der Waals surface area contributed by atoms with E-state index in [-0.39, 0.29) is 12.5 Å². The molecule has 112 valence electrons. The Morgan fingerprint density at radius 1 is 1.38 bits per heavy atom. The Hall–Kier alpha value is -2.14. The second-order valence-electron chi connectivity index (χ2n) is 5.06. The van der Waals surface area contributed by atoms with Crippen molar-refractivity contribution in [1.29, 1.82) is 0 Å². The molecular formula is C16H21N3O2. The van der Waals surface area contributed by atoms with Crippen LogP contribution in [0.3, 0.4) is 0 Å². The molecule has 2 aromatic rings. The smallest absolute Gasteiger partial charge is 0.254 e. The van der Waals surface area contributed by atoms with E-state index >= 15 is 0 Å². The molecule has 1 atom stereocenters. The lowest BCUT2D eigenvalue weighted by molar-refractivity contribution is 0.0910. The maximum Gasteiger partial charge on any atom is 0.254 e. The highest BCUT2D eigenvalue weighted by molar-refractivity contribution is 5.93. The zero-order valence-electron chi connectivity index (χ0n) is 12.2.